The van der Waals surface area contributed by atoms with E-state index in [1.165, 1.54) is 4.68 Å². The van der Waals surface area contributed by atoms with Crippen molar-refractivity contribution >= 4 is 20.5 Å². The second-order valence-corrected chi connectivity index (χ2v) is 5.11. The van der Waals surface area contributed by atoms with Crippen molar-refractivity contribution in [2.24, 2.45) is 0 Å². The molecule has 1 heterocycles. The molecule has 0 aliphatic rings. The van der Waals surface area contributed by atoms with Crippen molar-refractivity contribution in [2.75, 3.05) is 6.61 Å². The molecule has 88 valence electrons. The molecule has 0 unspecified atom stereocenters. The molecule has 0 saturated heterocycles. The molecule has 0 aliphatic heterocycles. The number of nitrogens with zero attached hydrogens (tertiary/aromatic N) is 2. The van der Waals surface area contributed by atoms with E-state index in [4.69, 9.17) is 4.74 Å². The number of para-hydroxylation sites is 1. The van der Waals surface area contributed by atoms with Gasteiger partial charge in [-0.25, -0.2) is 0 Å². The molecule has 0 bridgehead atoms. The number of hydrogen-bond donors (Lipinski definition) is 0. The predicted octanol–water partition coefficient (Wildman–Crippen LogP) is 0.466. The minimum absolute atomic E-state index is 0.160. The quantitative estimate of drug-likeness (QED) is 0.610. The van der Waals surface area contributed by atoms with Crippen LogP contribution in [0.5, 0.6) is 0 Å². The summed E-state index contributed by atoms with van der Waals surface area (Å²) in [7, 11) is 0. The van der Waals surface area contributed by atoms with Gasteiger partial charge in [-0.15, -0.1) is 0 Å². The first kappa shape index (κ1) is 11.8. The summed E-state index contributed by atoms with van der Waals surface area (Å²) >= 11 is -0.595. The van der Waals surface area contributed by atoms with Crippen molar-refractivity contribution in [3.63, 3.8) is 0 Å². The molecule has 6 heteroatoms. The summed E-state index contributed by atoms with van der Waals surface area (Å²) in [6.45, 7) is 2.00. The van der Waals surface area contributed by atoms with Crippen molar-refractivity contribution in [1.29, 1.82) is 0 Å². The van der Waals surface area contributed by atoms with Gasteiger partial charge < -0.3 is 0 Å². The summed E-state index contributed by atoms with van der Waals surface area (Å²) in [5.41, 5.74) is 0.665. The fourth-order valence-electron chi connectivity index (χ4n) is 1.29. The summed E-state index contributed by atoms with van der Waals surface area (Å²) in [5, 5.41) is 4.01. The Morgan fingerprint density at radius 3 is 2.76 bits per heavy atom. The Labute approximate surface area is 103 Å². The first-order valence-corrected chi connectivity index (χ1v) is 6.76. The molecule has 2 aromatic rings. The van der Waals surface area contributed by atoms with Crippen LogP contribution >= 0.6 is 0 Å². The van der Waals surface area contributed by atoms with Gasteiger partial charge in [-0.1, -0.05) is 0 Å². The molecular weight excluding hydrogens is 287 g/mol. The predicted molar refractivity (Wildman–Crippen MR) is 62.7 cm³/mol. The van der Waals surface area contributed by atoms with Gasteiger partial charge in [-0.3, -0.25) is 0 Å². The Hall–Kier alpha value is -1.65. The average molecular weight is 297 g/mol. The molecule has 0 amide bonds. The molecule has 0 atom stereocenters. The monoisotopic (exact) mass is 298 g/mol. The average Bonchev–Trinajstić information content (AvgIpc) is 2.73. The van der Waals surface area contributed by atoms with Crippen LogP contribution in [0.15, 0.2) is 35.1 Å². The van der Waals surface area contributed by atoms with Crippen molar-refractivity contribution in [2.45, 2.75) is 6.92 Å². The zero-order valence-corrected chi connectivity index (χ0v) is 10.8. The first-order chi connectivity index (χ1) is 8.22. The number of benzene rings is 1. The summed E-state index contributed by atoms with van der Waals surface area (Å²) in [6.07, 6.45) is 0. The van der Waals surface area contributed by atoms with Crippen LogP contribution in [-0.2, 0) is 4.74 Å². The van der Waals surface area contributed by atoms with Crippen molar-refractivity contribution in [3.05, 3.63) is 44.1 Å². The summed E-state index contributed by atoms with van der Waals surface area (Å²) in [6, 6.07) is 9.02. The number of esters is 1. The van der Waals surface area contributed by atoms with Crippen LogP contribution < -0.4 is 4.43 Å². The summed E-state index contributed by atoms with van der Waals surface area (Å²) in [5.74, 6) is -0.501. The number of hydrogen-bond acceptors (Lipinski definition) is 4. The van der Waals surface area contributed by atoms with E-state index in [1.54, 1.807) is 19.1 Å². The molecule has 0 saturated carbocycles. The Bertz CT molecular complexity index is 574. The summed E-state index contributed by atoms with van der Waals surface area (Å²) < 4.78 is 6.14. The van der Waals surface area contributed by atoms with Crippen LogP contribution in [-0.4, -0.2) is 36.9 Å². The zero-order chi connectivity index (χ0) is 12.3. The van der Waals surface area contributed by atoms with Crippen LogP contribution in [0, 0.1) is 0 Å². The number of ether oxygens (including phenoxy) is 1. The maximum absolute atomic E-state index is 11.7. The van der Waals surface area contributed by atoms with Gasteiger partial charge in [-0.05, 0) is 0 Å². The Kier molecular flexibility index (Phi) is 3.56. The molecule has 0 spiro atoms. The number of aromatic nitrogens is 2. The fraction of sp³-hybridized carbons (Fsp3) is 0.182. The van der Waals surface area contributed by atoms with Gasteiger partial charge in [0.25, 0.3) is 0 Å². The van der Waals surface area contributed by atoms with Crippen LogP contribution in [0.2, 0.25) is 0 Å². The fourth-order valence-corrected chi connectivity index (χ4v) is 2.68. The zero-order valence-electron chi connectivity index (χ0n) is 9.12. The van der Waals surface area contributed by atoms with Crippen LogP contribution in [0.4, 0.5) is 0 Å². The molecule has 0 aliphatic carbocycles. The molecular formula is C11H10N2O3Se. The molecule has 0 radical (unpaired) electrons. The molecule has 5 nitrogen and oxygen atoms in total. The van der Waals surface area contributed by atoms with Gasteiger partial charge in [0, 0.05) is 0 Å². The van der Waals surface area contributed by atoms with Crippen LogP contribution in [0.3, 0.4) is 0 Å². The number of rotatable bonds is 3. The van der Waals surface area contributed by atoms with E-state index in [0.717, 1.165) is 0 Å². The van der Waals surface area contributed by atoms with Gasteiger partial charge >= 0.3 is 103 Å². The standard InChI is InChI=1S/C11H10N2O3Se/c1-2-16-10(14)9-12-13(11(15)17-9)8-6-4-3-5-7-8/h3-7H,2H2,1H3. The van der Waals surface area contributed by atoms with E-state index in [0.29, 0.717) is 5.69 Å². The molecule has 1 aromatic heterocycles. The van der Waals surface area contributed by atoms with Crippen molar-refractivity contribution < 1.29 is 9.53 Å². The van der Waals surface area contributed by atoms with E-state index >= 15 is 0 Å². The van der Waals surface area contributed by atoms with Gasteiger partial charge in [0.05, 0.1) is 0 Å². The van der Waals surface area contributed by atoms with E-state index < -0.39 is 20.5 Å². The third-order valence-corrected chi connectivity index (χ3v) is 3.65. The molecule has 2 rings (SSSR count). The number of carbonyl (C=O) groups is 1. The SMILES string of the molecule is CCOC(=O)c1nn(-c2ccccc2)c(=O)[se]1. The van der Waals surface area contributed by atoms with E-state index in [-0.39, 0.29) is 15.6 Å². The molecule has 0 N–H and O–H groups in total. The van der Waals surface area contributed by atoms with E-state index in [2.05, 4.69) is 5.10 Å². The normalized spacial score (nSPS) is 10.2. The van der Waals surface area contributed by atoms with E-state index in [9.17, 15) is 9.59 Å². The number of carbonyl (C=O) groups excluding carboxylic acids is 1. The van der Waals surface area contributed by atoms with Crippen molar-refractivity contribution in [1.82, 2.24) is 9.78 Å². The van der Waals surface area contributed by atoms with Gasteiger partial charge in [0.15, 0.2) is 0 Å². The third-order valence-electron chi connectivity index (χ3n) is 2.00. The molecule has 0 fully saturated rings. The molecule has 1 aromatic carbocycles. The maximum atomic E-state index is 11.7. The molecule has 17 heavy (non-hydrogen) atoms. The van der Waals surface area contributed by atoms with Crippen LogP contribution in [0.1, 0.15) is 16.3 Å². The van der Waals surface area contributed by atoms with Gasteiger partial charge in [-0.2, -0.15) is 0 Å². The van der Waals surface area contributed by atoms with E-state index in [1.807, 2.05) is 18.2 Å². The first-order valence-electron chi connectivity index (χ1n) is 5.05. The van der Waals surface area contributed by atoms with Gasteiger partial charge in [0.1, 0.15) is 0 Å². The van der Waals surface area contributed by atoms with Crippen LogP contribution in [0.25, 0.3) is 5.69 Å². The Balaban J connectivity index is 2.38. The third kappa shape index (κ3) is 2.54. The Morgan fingerprint density at radius 2 is 2.12 bits per heavy atom. The second-order valence-electron chi connectivity index (χ2n) is 3.14. The minimum atomic E-state index is -0.595. The summed E-state index contributed by atoms with van der Waals surface area (Å²) in [4.78, 5) is 23.2. The Morgan fingerprint density at radius 1 is 1.41 bits per heavy atom. The van der Waals surface area contributed by atoms with Crippen molar-refractivity contribution in [3.8, 4) is 5.69 Å². The van der Waals surface area contributed by atoms with Gasteiger partial charge in [0.2, 0.25) is 0 Å². The topological polar surface area (TPSA) is 61.2 Å². The second kappa shape index (κ2) is 5.12.